The highest BCUT2D eigenvalue weighted by atomic mass is 35.5. The Morgan fingerprint density at radius 3 is 2.32 bits per heavy atom. The lowest BCUT2D eigenvalue weighted by molar-refractivity contribution is -0.139. The second kappa shape index (κ2) is 10.9. The Kier molecular flexibility index (Phi) is 8.52. The van der Waals surface area contributed by atoms with Crippen LogP contribution < -0.4 is 5.32 Å². The molecule has 5 heteroatoms. The molecule has 2 aromatic rings. The summed E-state index contributed by atoms with van der Waals surface area (Å²) in [7, 11) is 0. The number of nitrogens with one attached hydrogen (secondary N) is 1. The van der Waals surface area contributed by atoms with Crippen molar-refractivity contribution in [2.75, 3.05) is 6.54 Å². The van der Waals surface area contributed by atoms with Crippen molar-refractivity contribution in [1.29, 1.82) is 0 Å². The summed E-state index contributed by atoms with van der Waals surface area (Å²) in [5, 5.41) is 3.54. The minimum absolute atomic E-state index is 0.0737. The molecule has 0 fully saturated rings. The third kappa shape index (κ3) is 6.38. The summed E-state index contributed by atoms with van der Waals surface area (Å²) < 4.78 is 0. The van der Waals surface area contributed by atoms with Gasteiger partial charge in [0.25, 0.3) is 0 Å². The maximum atomic E-state index is 13.1. The average Bonchev–Trinajstić information content (AvgIpc) is 2.70. The largest absolute Gasteiger partial charge is 0.352 e. The van der Waals surface area contributed by atoms with E-state index in [1.54, 1.807) is 17.9 Å². The van der Waals surface area contributed by atoms with Crippen LogP contribution in [0.2, 0.25) is 5.02 Å². The molecule has 2 amide bonds. The van der Waals surface area contributed by atoms with Crippen LogP contribution in [-0.2, 0) is 22.4 Å². The third-order valence-electron chi connectivity index (χ3n) is 4.95. The van der Waals surface area contributed by atoms with Crippen LogP contribution in [0.5, 0.6) is 0 Å². The van der Waals surface area contributed by atoms with E-state index in [1.807, 2.05) is 62.4 Å². The lowest BCUT2D eigenvalue weighted by atomic mass is 10.1. The van der Waals surface area contributed by atoms with E-state index in [0.29, 0.717) is 18.0 Å². The van der Waals surface area contributed by atoms with Crippen molar-refractivity contribution in [3.8, 4) is 0 Å². The van der Waals surface area contributed by atoms with E-state index in [2.05, 4.69) is 5.32 Å². The topological polar surface area (TPSA) is 49.4 Å². The van der Waals surface area contributed by atoms with Gasteiger partial charge >= 0.3 is 0 Å². The van der Waals surface area contributed by atoms with Crippen molar-refractivity contribution >= 4 is 23.4 Å². The number of rotatable bonds is 9. The molecule has 0 aliphatic rings. The van der Waals surface area contributed by atoms with Crippen LogP contribution >= 0.6 is 11.6 Å². The first kappa shape index (κ1) is 22.0. The Morgan fingerprint density at radius 1 is 1.04 bits per heavy atom. The van der Waals surface area contributed by atoms with E-state index < -0.39 is 6.04 Å². The summed E-state index contributed by atoms with van der Waals surface area (Å²) in [6, 6.07) is 16.8. The van der Waals surface area contributed by atoms with Gasteiger partial charge in [0.2, 0.25) is 11.8 Å². The van der Waals surface area contributed by atoms with Gasteiger partial charge in [-0.1, -0.05) is 67.1 Å². The summed E-state index contributed by atoms with van der Waals surface area (Å²) in [6.07, 6.45) is 1.71. The van der Waals surface area contributed by atoms with Gasteiger partial charge < -0.3 is 10.2 Å². The highest BCUT2D eigenvalue weighted by Gasteiger charge is 2.26. The van der Waals surface area contributed by atoms with Gasteiger partial charge in [-0.2, -0.15) is 0 Å². The molecule has 0 saturated carbocycles. The molecule has 0 saturated heterocycles. The predicted octanol–water partition coefficient (Wildman–Crippen LogP) is 4.26. The standard InChI is InChI=1S/C23H29ClN2O2/c1-4-17(2)25-23(28)18(3)26(15-14-19-10-6-5-7-11-19)22(27)16-20-12-8-9-13-21(20)24/h5-13,17-18H,4,14-16H2,1-3H3,(H,25,28)/t17-,18-/m0/s1. The number of amides is 2. The Labute approximate surface area is 172 Å². The molecule has 2 atom stereocenters. The Morgan fingerprint density at radius 2 is 1.68 bits per heavy atom. The fourth-order valence-electron chi connectivity index (χ4n) is 2.94. The molecule has 0 aliphatic carbocycles. The summed E-state index contributed by atoms with van der Waals surface area (Å²) in [5.41, 5.74) is 1.90. The molecule has 0 radical (unpaired) electrons. The summed E-state index contributed by atoms with van der Waals surface area (Å²) >= 11 is 6.23. The molecule has 0 heterocycles. The number of carbonyl (C=O) groups is 2. The third-order valence-corrected chi connectivity index (χ3v) is 5.32. The summed E-state index contributed by atoms with van der Waals surface area (Å²) in [4.78, 5) is 27.4. The molecule has 2 rings (SSSR count). The number of halogens is 1. The van der Waals surface area contributed by atoms with E-state index in [-0.39, 0.29) is 24.3 Å². The molecule has 0 aromatic heterocycles. The SMILES string of the molecule is CC[C@H](C)NC(=O)[C@H](C)N(CCc1ccccc1)C(=O)Cc1ccccc1Cl. The molecule has 0 aliphatic heterocycles. The van der Waals surface area contributed by atoms with E-state index in [9.17, 15) is 9.59 Å². The van der Waals surface area contributed by atoms with Gasteiger partial charge in [-0.25, -0.2) is 0 Å². The quantitative estimate of drug-likeness (QED) is 0.683. The molecule has 0 unspecified atom stereocenters. The number of nitrogens with zero attached hydrogens (tertiary/aromatic N) is 1. The predicted molar refractivity (Wildman–Crippen MR) is 114 cm³/mol. The zero-order valence-electron chi connectivity index (χ0n) is 16.8. The van der Waals surface area contributed by atoms with Gasteiger partial charge in [-0.3, -0.25) is 9.59 Å². The van der Waals surface area contributed by atoms with Crippen molar-refractivity contribution in [1.82, 2.24) is 10.2 Å². The molecule has 28 heavy (non-hydrogen) atoms. The zero-order chi connectivity index (χ0) is 20.5. The highest BCUT2D eigenvalue weighted by Crippen LogP contribution is 2.17. The Hall–Kier alpha value is -2.33. The van der Waals surface area contributed by atoms with Gasteiger partial charge in [0.1, 0.15) is 6.04 Å². The maximum absolute atomic E-state index is 13.1. The fraction of sp³-hybridized carbons (Fsp3) is 0.391. The van der Waals surface area contributed by atoms with Crippen molar-refractivity contribution < 1.29 is 9.59 Å². The number of carbonyl (C=O) groups excluding carboxylic acids is 2. The van der Waals surface area contributed by atoms with Gasteiger partial charge in [-0.05, 0) is 43.9 Å². The number of benzene rings is 2. The van der Waals surface area contributed by atoms with E-state index >= 15 is 0 Å². The van der Waals surface area contributed by atoms with E-state index in [4.69, 9.17) is 11.6 Å². The van der Waals surface area contributed by atoms with Gasteiger partial charge in [0.15, 0.2) is 0 Å². The minimum atomic E-state index is -0.548. The van der Waals surface area contributed by atoms with Crippen LogP contribution in [0, 0.1) is 0 Å². The monoisotopic (exact) mass is 400 g/mol. The van der Waals surface area contributed by atoms with Crippen LogP contribution in [0.25, 0.3) is 0 Å². The van der Waals surface area contributed by atoms with Crippen molar-refractivity contribution in [2.45, 2.75) is 52.1 Å². The molecule has 2 aromatic carbocycles. The lowest BCUT2D eigenvalue weighted by Crippen LogP contribution is -2.50. The molecule has 0 bridgehead atoms. The number of hydrogen-bond donors (Lipinski definition) is 1. The van der Waals surface area contributed by atoms with Crippen LogP contribution in [0.3, 0.4) is 0 Å². The number of hydrogen-bond acceptors (Lipinski definition) is 2. The maximum Gasteiger partial charge on any atom is 0.242 e. The lowest BCUT2D eigenvalue weighted by Gasteiger charge is -2.30. The molecule has 0 spiro atoms. The molecular weight excluding hydrogens is 372 g/mol. The van der Waals surface area contributed by atoms with Crippen molar-refractivity contribution in [2.24, 2.45) is 0 Å². The van der Waals surface area contributed by atoms with Crippen molar-refractivity contribution in [3.05, 3.63) is 70.7 Å². The summed E-state index contributed by atoms with van der Waals surface area (Å²) in [6.45, 7) is 6.24. The Balaban J connectivity index is 2.15. The first-order valence-electron chi connectivity index (χ1n) is 9.79. The van der Waals surface area contributed by atoms with Gasteiger partial charge in [0, 0.05) is 17.6 Å². The molecule has 1 N–H and O–H groups in total. The molecular formula is C23H29ClN2O2. The van der Waals surface area contributed by atoms with E-state index in [0.717, 1.165) is 17.5 Å². The van der Waals surface area contributed by atoms with Gasteiger partial charge in [-0.15, -0.1) is 0 Å². The molecule has 150 valence electrons. The second-order valence-electron chi connectivity index (χ2n) is 7.08. The summed E-state index contributed by atoms with van der Waals surface area (Å²) in [5.74, 6) is -0.231. The van der Waals surface area contributed by atoms with Crippen LogP contribution in [0.1, 0.15) is 38.3 Å². The normalized spacial score (nSPS) is 12.9. The second-order valence-corrected chi connectivity index (χ2v) is 7.49. The average molecular weight is 401 g/mol. The fourth-order valence-corrected chi connectivity index (χ4v) is 3.14. The van der Waals surface area contributed by atoms with Gasteiger partial charge in [0.05, 0.1) is 6.42 Å². The first-order chi connectivity index (χ1) is 13.4. The highest BCUT2D eigenvalue weighted by molar-refractivity contribution is 6.31. The zero-order valence-corrected chi connectivity index (χ0v) is 17.6. The smallest absolute Gasteiger partial charge is 0.242 e. The van der Waals surface area contributed by atoms with E-state index in [1.165, 1.54) is 0 Å². The Bertz CT molecular complexity index is 779. The molecule has 4 nitrogen and oxygen atoms in total. The first-order valence-corrected chi connectivity index (χ1v) is 10.2. The van der Waals surface area contributed by atoms with Crippen molar-refractivity contribution in [3.63, 3.8) is 0 Å². The minimum Gasteiger partial charge on any atom is -0.352 e. The van der Waals surface area contributed by atoms with Crippen LogP contribution in [-0.4, -0.2) is 35.3 Å². The van der Waals surface area contributed by atoms with Crippen LogP contribution in [0.4, 0.5) is 0 Å². The van der Waals surface area contributed by atoms with Crippen LogP contribution in [0.15, 0.2) is 54.6 Å².